The van der Waals surface area contributed by atoms with Crippen LogP contribution in [0.25, 0.3) is 0 Å². The number of ether oxygens (including phenoxy) is 1. The molecule has 0 spiro atoms. The predicted molar refractivity (Wildman–Crippen MR) is 119 cm³/mol. The maximum absolute atomic E-state index is 13.5. The summed E-state index contributed by atoms with van der Waals surface area (Å²) in [6.45, 7) is -0.592. The molecule has 0 N–H and O–H groups in total. The van der Waals surface area contributed by atoms with Crippen LogP contribution in [0.5, 0.6) is 5.75 Å². The van der Waals surface area contributed by atoms with Crippen molar-refractivity contribution >= 4 is 29.2 Å². The van der Waals surface area contributed by atoms with E-state index in [1.807, 2.05) is 0 Å². The van der Waals surface area contributed by atoms with E-state index in [-0.39, 0.29) is 16.8 Å². The zero-order valence-electron chi connectivity index (χ0n) is 18.5. The Morgan fingerprint density at radius 1 is 1.03 bits per heavy atom. The molecule has 4 rings (SSSR count). The van der Waals surface area contributed by atoms with Gasteiger partial charge in [0.1, 0.15) is 12.3 Å². The number of fused-ring (bicyclic) bond motifs is 1. The number of hydrazine groups is 1. The van der Waals surface area contributed by atoms with Gasteiger partial charge in [0.05, 0.1) is 23.9 Å². The number of amides is 3. The normalized spacial score (nSPS) is 19.5. The molecule has 0 bridgehead atoms. The SMILES string of the molecule is COc1cccc(C(=O)CN(C(=O)c2cccc([N+](=O)[O-])c2)N2C(=O)[C@@H]3CCCC[C@H]3C2=O)c1. The molecule has 3 amide bonds. The topological polar surface area (TPSA) is 127 Å². The first-order valence-corrected chi connectivity index (χ1v) is 10.9. The molecule has 10 heteroatoms. The fourth-order valence-electron chi connectivity index (χ4n) is 4.54. The Hall–Kier alpha value is -4.08. The highest BCUT2D eigenvalue weighted by Crippen LogP contribution is 2.39. The molecule has 176 valence electrons. The summed E-state index contributed by atoms with van der Waals surface area (Å²) in [7, 11) is 1.45. The van der Waals surface area contributed by atoms with Gasteiger partial charge in [-0.3, -0.25) is 29.3 Å². The van der Waals surface area contributed by atoms with E-state index >= 15 is 0 Å². The second-order valence-corrected chi connectivity index (χ2v) is 8.31. The van der Waals surface area contributed by atoms with E-state index in [1.165, 1.54) is 37.4 Å². The van der Waals surface area contributed by atoms with Gasteiger partial charge >= 0.3 is 0 Å². The van der Waals surface area contributed by atoms with E-state index in [9.17, 15) is 29.3 Å². The number of methoxy groups -OCH3 is 1. The molecular formula is C24H23N3O7. The Labute approximate surface area is 195 Å². The fraction of sp³-hybridized carbons (Fsp3) is 0.333. The molecule has 0 unspecified atom stereocenters. The van der Waals surface area contributed by atoms with Crippen molar-refractivity contribution in [3.63, 3.8) is 0 Å². The molecule has 2 atom stereocenters. The van der Waals surface area contributed by atoms with Gasteiger partial charge in [0, 0.05) is 23.3 Å². The second kappa shape index (κ2) is 9.42. The van der Waals surface area contributed by atoms with Gasteiger partial charge in [-0.2, -0.15) is 5.01 Å². The first-order valence-electron chi connectivity index (χ1n) is 10.9. The van der Waals surface area contributed by atoms with Gasteiger partial charge in [0.25, 0.3) is 23.4 Å². The Kier molecular flexibility index (Phi) is 6.40. The highest BCUT2D eigenvalue weighted by Gasteiger charge is 2.51. The van der Waals surface area contributed by atoms with E-state index in [4.69, 9.17) is 4.74 Å². The fourth-order valence-corrected chi connectivity index (χ4v) is 4.54. The molecule has 34 heavy (non-hydrogen) atoms. The lowest BCUT2D eigenvalue weighted by Gasteiger charge is -2.30. The molecule has 1 saturated carbocycles. The van der Waals surface area contributed by atoms with E-state index in [1.54, 1.807) is 12.1 Å². The van der Waals surface area contributed by atoms with E-state index in [0.717, 1.165) is 28.9 Å². The van der Waals surface area contributed by atoms with Gasteiger partial charge in [-0.15, -0.1) is 0 Å². The monoisotopic (exact) mass is 465 g/mol. The number of benzene rings is 2. The van der Waals surface area contributed by atoms with Crippen molar-refractivity contribution < 1.29 is 28.8 Å². The molecule has 2 fully saturated rings. The Bertz CT molecular complexity index is 1150. The second-order valence-electron chi connectivity index (χ2n) is 8.31. The molecule has 1 aliphatic carbocycles. The van der Waals surface area contributed by atoms with Crippen LogP contribution in [0.3, 0.4) is 0 Å². The minimum Gasteiger partial charge on any atom is -0.497 e. The summed E-state index contributed by atoms with van der Waals surface area (Å²) in [5.41, 5.74) is -0.200. The summed E-state index contributed by atoms with van der Waals surface area (Å²) < 4.78 is 5.15. The summed E-state index contributed by atoms with van der Waals surface area (Å²) in [6, 6.07) is 11.3. The quantitative estimate of drug-likeness (QED) is 0.266. The average Bonchev–Trinajstić information content (AvgIpc) is 3.12. The summed E-state index contributed by atoms with van der Waals surface area (Å²) in [5.74, 6) is -3.05. The maximum atomic E-state index is 13.5. The molecule has 2 aliphatic rings. The van der Waals surface area contributed by atoms with Gasteiger partial charge in [0.15, 0.2) is 5.78 Å². The van der Waals surface area contributed by atoms with E-state index < -0.39 is 46.8 Å². The van der Waals surface area contributed by atoms with Crippen LogP contribution in [-0.4, -0.2) is 52.1 Å². The summed E-state index contributed by atoms with van der Waals surface area (Å²) >= 11 is 0. The predicted octanol–water partition coefficient (Wildman–Crippen LogP) is 3.02. The van der Waals surface area contributed by atoms with Crippen LogP contribution in [0, 0.1) is 22.0 Å². The molecular weight excluding hydrogens is 442 g/mol. The van der Waals surface area contributed by atoms with Gasteiger partial charge < -0.3 is 4.74 Å². The molecule has 0 radical (unpaired) electrons. The average molecular weight is 465 g/mol. The number of carbonyl (C=O) groups excluding carboxylic acids is 4. The smallest absolute Gasteiger partial charge is 0.273 e. The number of carbonyl (C=O) groups is 4. The number of Topliss-reactive ketones (excluding diaryl/α,β-unsaturated/α-hetero) is 1. The maximum Gasteiger partial charge on any atom is 0.273 e. The van der Waals surface area contributed by atoms with Crippen LogP contribution >= 0.6 is 0 Å². The largest absolute Gasteiger partial charge is 0.497 e. The lowest BCUT2D eigenvalue weighted by molar-refractivity contribution is -0.384. The van der Waals surface area contributed by atoms with Crippen molar-refractivity contribution in [2.75, 3.05) is 13.7 Å². The van der Waals surface area contributed by atoms with Gasteiger partial charge in [0.2, 0.25) is 0 Å². The van der Waals surface area contributed by atoms with Crippen molar-refractivity contribution in [1.29, 1.82) is 0 Å². The van der Waals surface area contributed by atoms with Crippen LogP contribution < -0.4 is 4.74 Å². The number of ketones is 1. The number of non-ortho nitro benzene ring substituents is 1. The lowest BCUT2D eigenvalue weighted by Crippen LogP contribution is -2.52. The number of nitrogens with zero attached hydrogens (tertiary/aromatic N) is 3. The van der Waals surface area contributed by atoms with Crippen LogP contribution in [0.1, 0.15) is 46.4 Å². The number of hydrogen-bond donors (Lipinski definition) is 0. The zero-order chi connectivity index (χ0) is 24.4. The molecule has 1 saturated heterocycles. The minimum atomic E-state index is -0.847. The van der Waals surface area contributed by atoms with Crippen molar-refractivity contribution in [1.82, 2.24) is 10.0 Å². The van der Waals surface area contributed by atoms with Crippen LogP contribution in [0.15, 0.2) is 48.5 Å². The molecule has 0 aromatic heterocycles. The summed E-state index contributed by atoms with van der Waals surface area (Å²) in [6.07, 6.45) is 2.67. The zero-order valence-corrected chi connectivity index (χ0v) is 18.5. The van der Waals surface area contributed by atoms with Gasteiger partial charge in [-0.25, -0.2) is 5.01 Å². The minimum absolute atomic E-state index is 0.108. The Morgan fingerprint density at radius 3 is 2.26 bits per heavy atom. The highest BCUT2D eigenvalue weighted by molar-refractivity contribution is 6.09. The molecule has 1 heterocycles. The van der Waals surface area contributed by atoms with Crippen LogP contribution in [-0.2, 0) is 9.59 Å². The van der Waals surface area contributed by atoms with Gasteiger partial charge in [-0.1, -0.05) is 31.0 Å². The van der Waals surface area contributed by atoms with Crippen LogP contribution in [0.2, 0.25) is 0 Å². The first-order chi connectivity index (χ1) is 16.3. The Morgan fingerprint density at radius 2 is 1.65 bits per heavy atom. The van der Waals surface area contributed by atoms with Crippen molar-refractivity contribution in [3.05, 3.63) is 69.8 Å². The third kappa shape index (κ3) is 4.26. The summed E-state index contributed by atoms with van der Waals surface area (Å²) in [5, 5.41) is 12.8. The number of nitro groups is 1. The van der Waals surface area contributed by atoms with E-state index in [0.29, 0.717) is 18.6 Å². The van der Waals surface area contributed by atoms with E-state index in [2.05, 4.69) is 0 Å². The standard InChI is InChI=1S/C24H23N3O7/c1-34-18-9-5-6-15(13-18)21(28)14-25(22(29)16-7-4-8-17(12-16)27(32)33)26-23(30)19-10-2-3-11-20(19)24(26)31/h4-9,12-13,19-20H,2-3,10-11,14H2,1H3/t19-,20-/m1/s1. The summed E-state index contributed by atoms with van der Waals surface area (Å²) in [4.78, 5) is 63.5. The van der Waals surface area contributed by atoms with Crippen molar-refractivity contribution in [2.45, 2.75) is 25.7 Å². The van der Waals surface area contributed by atoms with Crippen LogP contribution in [0.4, 0.5) is 5.69 Å². The molecule has 2 aromatic carbocycles. The number of hydrogen-bond acceptors (Lipinski definition) is 7. The molecule has 2 aromatic rings. The third-order valence-electron chi connectivity index (χ3n) is 6.28. The third-order valence-corrected chi connectivity index (χ3v) is 6.28. The highest BCUT2D eigenvalue weighted by atomic mass is 16.6. The number of imide groups is 1. The number of nitro benzene ring substituents is 1. The van der Waals surface area contributed by atoms with Gasteiger partial charge in [-0.05, 0) is 31.0 Å². The number of rotatable bonds is 7. The van der Waals surface area contributed by atoms with Crippen molar-refractivity contribution in [2.24, 2.45) is 11.8 Å². The lowest BCUT2D eigenvalue weighted by atomic mass is 9.81. The molecule has 10 nitrogen and oxygen atoms in total. The van der Waals surface area contributed by atoms with Crippen molar-refractivity contribution in [3.8, 4) is 5.75 Å². The molecule has 1 aliphatic heterocycles. The Balaban J connectivity index is 1.71. The first kappa shape index (κ1) is 23.1.